The van der Waals surface area contributed by atoms with Gasteiger partial charge in [-0.2, -0.15) is 18.4 Å². The number of nitrogens with zero attached hydrogens (tertiary/aromatic N) is 1. The highest BCUT2D eigenvalue weighted by atomic mass is 19.4. The highest BCUT2D eigenvalue weighted by Gasteiger charge is 2.30. The second-order valence-corrected chi connectivity index (χ2v) is 5.16. The summed E-state index contributed by atoms with van der Waals surface area (Å²) in [7, 11) is 0. The van der Waals surface area contributed by atoms with E-state index < -0.39 is 35.5 Å². The minimum atomic E-state index is -4.44. The maximum absolute atomic E-state index is 12.4. The van der Waals surface area contributed by atoms with Crippen LogP contribution in [0.25, 0.3) is 0 Å². The van der Waals surface area contributed by atoms with Crippen molar-refractivity contribution < 1.29 is 22.8 Å². The molecule has 0 spiro atoms. The fourth-order valence-electron chi connectivity index (χ4n) is 1.98. The monoisotopic (exact) mass is 327 g/mol. The van der Waals surface area contributed by atoms with Crippen molar-refractivity contribution >= 4 is 11.8 Å². The van der Waals surface area contributed by atoms with E-state index in [2.05, 4.69) is 5.32 Å². The van der Waals surface area contributed by atoms with Gasteiger partial charge in [-0.15, -0.1) is 0 Å². The van der Waals surface area contributed by atoms with Crippen LogP contribution >= 0.6 is 0 Å². The number of nitrogens with two attached hydrogens (primary N) is 1. The summed E-state index contributed by atoms with van der Waals surface area (Å²) in [6.07, 6.45) is -4.60. The van der Waals surface area contributed by atoms with E-state index in [1.54, 1.807) is 6.92 Å². The van der Waals surface area contributed by atoms with E-state index in [0.29, 0.717) is 5.56 Å². The van der Waals surface area contributed by atoms with Gasteiger partial charge in [0, 0.05) is 6.42 Å². The predicted octanol–water partition coefficient (Wildman–Crippen LogP) is 1.77. The molecule has 0 fully saturated rings. The fraction of sp³-hybridized carbons (Fsp3) is 0.400. The number of hydrogen-bond donors (Lipinski definition) is 2. The van der Waals surface area contributed by atoms with E-state index in [4.69, 9.17) is 11.0 Å². The number of nitriles is 1. The number of amides is 2. The molecule has 3 N–H and O–H groups in total. The molecule has 5 nitrogen and oxygen atoms in total. The van der Waals surface area contributed by atoms with Crippen molar-refractivity contribution in [3.63, 3.8) is 0 Å². The highest BCUT2D eigenvalue weighted by Crippen LogP contribution is 2.29. The third-order valence-corrected chi connectivity index (χ3v) is 3.25. The highest BCUT2D eigenvalue weighted by molar-refractivity contribution is 5.87. The molecule has 0 aliphatic heterocycles. The van der Waals surface area contributed by atoms with Crippen LogP contribution in [0.5, 0.6) is 0 Å². The van der Waals surface area contributed by atoms with Gasteiger partial charge < -0.3 is 11.1 Å². The van der Waals surface area contributed by atoms with Crippen LogP contribution in [0.4, 0.5) is 13.2 Å². The molecule has 1 aromatic carbocycles. The summed E-state index contributed by atoms with van der Waals surface area (Å²) in [5, 5.41) is 11.0. The number of hydrogen-bond acceptors (Lipinski definition) is 3. The van der Waals surface area contributed by atoms with Crippen molar-refractivity contribution in [2.24, 2.45) is 11.7 Å². The molecule has 0 radical (unpaired) electrons. The fourth-order valence-corrected chi connectivity index (χ4v) is 1.98. The third-order valence-electron chi connectivity index (χ3n) is 3.25. The van der Waals surface area contributed by atoms with Crippen molar-refractivity contribution in [2.45, 2.75) is 32.0 Å². The normalized spacial score (nSPS) is 13.7. The van der Waals surface area contributed by atoms with Gasteiger partial charge >= 0.3 is 6.18 Å². The van der Waals surface area contributed by atoms with Gasteiger partial charge in [-0.05, 0) is 23.6 Å². The van der Waals surface area contributed by atoms with Crippen molar-refractivity contribution in [2.75, 3.05) is 0 Å². The van der Waals surface area contributed by atoms with E-state index in [1.165, 1.54) is 12.1 Å². The molecular weight excluding hydrogens is 311 g/mol. The van der Waals surface area contributed by atoms with E-state index >= 15 is 0 Å². The molecule has 23 heavy (non-hydrogen) atoms. The number of halogens is 3. The molecule has 0 bridgehead atoms. The lowest BCUT2D eigenvalue weighted by atomic mass is 9.98. The van der Waals surface area contributed by atoms with Crippen LogP contribution in [0.15, 0.2) is 24.3 Å². The van der Waals surface area contributed by atoms with Gasteiger partial charge in [0.05, 0.1) is 18.1 Å². The summed E-state index contributed by atoms with van der Waals surface area (Å²) in [5.74, 6) is -1.79. The molecule has 1 aromatic rings. The molecule has 2 atom stereocenters. The summed E-state index contributed by atoms with van der Waals surface area (Å²) in [4.78, 5) is 23.2. The zero-order chi connectivity index (χ0) is 17.6. The number of alkyl halides is 3. The SMILES string of the molecule is C[C@H](CC#N)[C@H](NC(=O)Cc1ccc(C(F)(F)F)cc1)C(N)=O. The van der Waals surface area contributed by atoms with Crippen LogP contribution in [0.2, 0.25) is 0 Å². The minimum absolute atomic E-state index is 0.0359. The molecule has 0 saturated carbocycles. The predicted molar refractivity (Wildman–Crippen MR) is 75.7 cm³/mol. The molecule has 1 rings (SSSR count). The molecule has 0 aromatic heterocycles. The molecule has 0 saturated heterocycles. The zero-order valence-electron chi connectivity index (χ0n) is 12.4. The smallest absolute Gasteiger partial charge is 0.368 e. The number of primary amides is 1. The van der Waals surface area contributed by atoms with Gasteiger partial charge in [0.15, 0.2) is 0 Å². The largest absolute Gasteiger partial charge is 0.416 e. The lowest BCUT2D eigenvalue weighted by molar-refractivity contribution is -0.137. The number of carbonyl (C=O) groups excluding carboxylic acids is 2. The van der Waals surface area contributed by atoms with Gasteiger partial charge in [0.25, 0.3) is 0 Å². The Bertz CT molecular complexity index is 606. The van der Waals surface area contributed by atoms with Crippen LogP contribution in [-0.4, -0.2) is 17.9 Å². The first-order valence-electron chi connectivity index (χ1n) is 6.77. The lowest BCUT2D eigenvalue weighted by Gasteiger charge is -2.20. The summed E-state index contributed by atoms with van der Waals surface area (Å²) in [6, 6.07) is 5.03. The van der Waals surface area contributed by atoms with Crippen LogP contribution in [0, 0.1) is 17.2 Å². The molecule has 0 heterocycles. The Kier molecular flexibility index (Phi) is 6.13. The maximum atomic E-state index is 12.4. The summed E-state index contributed by atoms with van der Waals surface area (Å²) in [5.41, 5.74) is 4.75. The summed E-state index contributed by atoms with van der Waals surface area (Å²) < 4.78 is 37.3. The van der Waals surface area contributed by atoms with Gasteiger partial charge in [-0.1, -0.05) is 19.1 Å². The average Bonchev–Trinajstić information content (AvgIpc) is 2.44. The zero-order valence-corrected chi connectivity index (χ0v) is 12.4. The molecule has 8 heteroatoms. The van der Waals surface area contributed by atoms with E-state index in [1.807, 2.05) is 6.07 Å². The Morgan fingerprint density at radius 3 is 2.30 bits per heavy atom. The maximum Gasteiger partial charge on any atom is 0.416 e. The van der Waals surface area contributed by atoms with Crippen LogP contribution in [-0.2, 0) is 22.2 Å². The van der Waals surface area contributed by atoms with Crippen molar-refractivity contribution in [1.29, 1.82) is 5.26 Å². The number of benzene rings is 1. The van der Waals surface area contributed by atoms with Crippen molar-refractivity contribution in [1.82, 2.24) is 5.32 Å². The molecule has 124 valence electrons. The molecular formula is C15H16F3N3O2. The molecule has 0 aliphatic rings. The van der Waals surface area contributed by atoms with Crippen LogP contribution < -0.4 is 11.1 Å². The second kappa shape index (κ2) is 7.63. The molecule has 0 aliphatic carbocycles. The lowest BCUT2D eigenvalue weighted by Crippen LogP contribution is -2.48. The first-order chi connectivity index (χ1) is 10.6. The first-order valence-corrected chi connectivity index (χ1v) is 6.77. The Morgan fingerprint density at radius 1 is 1.30 bits per heavy atom. The molecule has 0 unspecified atom stereocenters. The van der Waals surface area contributed by atoms with Gasteiger partial charge in [0.2, 0.25) is 11.8 Å². The van der Waals surface area contributed by atoms with Crippen LogP contribution in [0.3, 0.4) is 0 Å². The first kappa shape index (κ1) is 18.5. The Hall–Kier alpha value is -2.56. The third kappa shape index (κ3) is 5.62. The quantitative estimate of drug-likeness (QED) is 0.833. The van der Waals surface area contributed by atoms with E-state index in [9.17, 15) is 22.8 Å². The number of nitrogens with one attached hydrogen (secondary N) is 1. The standard InChI is InChI=1S/C15H16F3N3O2/c1-9(6-7-19)13(14(20)23)21-12(22)8-10-2-4-11(5-3-10)15(16,17)18/h2-5,9,13H,6,8H2,1H3,(H2,20,23)(H,21,22)/t9-,13+/m1/s1. The van der Waals surface area contributed by atoms with Gasteiger partial charge in [-0.3, -0.25) is 9.59 Å². The van der Waals surface area contributed by atoms with Crippen molar-refractivity contribution in [3.8, 4) is 6.07 Å². The Morgan fingerprint density at radius 2 is 1.87 bits per heavy atom. The summed E-state index contributed by atoms with van der Waals surface area (Å²) in [6.45, 7) is 1.59. The van der Waals surface area contributed by atoms with Crippen LogP contribution in [0.1, 0.15) is 24.5 Å². The average molecular weight is 327 g/mol. The number of carbonyl (C=O) groups is 2. The minimum Gasteiger partial charge on any atom is -0.368 e. The molecule has 2 amide bonds. The number of rotatable bonds is 6. The Labute approximate surface area is 131 Å². The van der Waals surface area contributed by atoms with Gasteiger partial charge in [0.1, 0.15) is 6.04 Å². The Balaban J connectivity index is 2.72. The van der Waals surface area contributed by atoms with Crippen molar-refractivity contribution in [3.05, 3.63) is 35.4 Å². The topological polar surface area (TPSA) is 96.0 Å². The van der Waals surface area contributed by atoms with E-state index in [0.717, 1.165) is 12.1 Å². The second-order valence-electron chi connectivity index (χ2n) is 5.16. The van der Waals surface area contributed by atoms with Gasteiger partial charge in [-0.25, -0.2) is 0 Å². The summed E-state index contributed by atoms with van der Waals surface area (Å²) >= 11 is 0. The van der Waals surface area contributed by atoms with E-state index in [-0.39, 0.29) is 12.8 Å².